The molecule has 3 aromatic rings. The number of nitrogens with zero attached hydrogens (tertiary/aromatic N) is 2. The zero-order chi connectivity index (χ0) is 23.8. The van der Waals surface area contributed by atoms with Gasteiger partial charge in [-0.2, -0.15) is 5.10 Å². The fraction of sp³-hybridized carbons (Fsp3) is 0.0870. The molecule has 0 atom stereocenters. The average Bonchev–Trinajstić information content (AvgIpc) is 2.81. The van der Waals surface area contributed by atoms with Crippen molar-refractivity contribution in [2.75, 3.05) is 6.61 Å². The number of halogens is 1. The molecule has 0 radical (unpaired) electrons. The maximum Gasteiger partial charge on any atom is 0.343 e. The van der Waals surface area contributed by atoms with Gasteiger partial charge in [0.1, 0.15) is 5.82 Å². The number of ether oxygens (including phenoxy) is 2. The first-order chi connectivity index (χ1) is 15.9. The quantitative estimate of drug-likeness (QED) is 0.181. The molecule has 9 nitrogen and oxygen atoms in total. The van der Waals surface area contributed by atoms with E-state index in [1.165, 1.54) is 48.7 Å². The molecule has 0 aliphatic carbocycles. The molecule has 0 aliphatic heterocycles. The molecule has 1 N–H and O–H groups in total. The molecular formula is C23H18FN3O6. The zero-order valence-electron chi connectivity index (χ0n) is 17.4. The number of nitro groups is 1. The van der Waals surface area contributed by atoms with E-state index < -0.39 is 22.6 Å². The highest BCUT2D eigenvalue weighted by molar-refractivity contribution is 5.95. The number of rotatable bonds is 8. The van der Waals surface area contributed by atoms with Crippen molar-refractivity contribution in [3.63, 3.8) is 0 Å². The summed E-state index contributed by atoms with van der Waals surface area (Å²) in [4.78, 5) is 34.5. The van der Waals surface area contributed by atoms with Crippen LogP contribution in [0.1, 0.15) is 33.2 Å². The highest BCUT2D eigenvalue weighted by atomic mass is 19.1. The fourth-order valence-electron chi connectivity index (χ4n) is 2.67. The second-order valence-corrected chi connectivity index (χ2v) is 6.54. The van der Waals surface area contributed by atoms with Gasteiger partial charge in [-0.1, -0.05) is 0 Å². The van der Waals surface area contributed by atoms with E-state index in [0.717, 1.165) is 12.1 Å². The largest absolute Gasteiger partial charge is 0.490 e. The van der Waals surface area contributed by atoms with Gasteiger partial charge in [0.15, 0.2) is 11.5 Å². The predicted molar refractivity (Wildman–Crippen MR) is 117 cm³/mol. The van der Waals surface area contributed by atoms with Crippen LogP contribution in [0.25, 0.3) is 0 Å². The van der Waals surface area contributed by atoms with E-state index in [9.17, 15) is 24.1 Å². The first kappa shape index (κ1) is 23.1. The molecule has 0 heterocycles. The van der Waals surface area contributed by atoms with E-state index >= 15 is 0 Å². The summed E-state index contributed by atoms with van der Waals surface area (Å²) in [6.45, 7) is 2.06. The van der Waals surface area contributed by atoms with Crippen LogP contribution in [0.2, 0.25) is 0 Å². The second-order valence-electron chi connectivity index (χ2n) is 6.54. The summed E-state index contributed by atoms with van der Waals surface area (Å²) < 4.78 is 23.9. The third-order valence-corrected chi connectivity index (χ3v) is 4.27. The van der Waals surface area contributed by atoms with Crippen LogP contribution in [-0.2, 0) is 0 Å². The van der Waals surface area contributed by atoms with E-state index in [-0.39, 0.29) is 28.3 Å². The number of carbonyl (C=O) groups is 2. The number of hydrazone groups is 1. The molecule has 10 heteroatoms. The second kappa shape index (κ2) is 10.6. The normalized spacial score (nSPS) is 10.6. The SMILES string of the molecule is CCOc1cc(/C=N\NC(=O)c2ccc([N+](=O)[O-])cc2)ccc1OC(=O)c1ccc(F)cc1. The predicted octanol–water partition coefficient (Wildman–Crippen LogP) is 4.12. The minimum Gasteiger partial charge on any atom is -0.490 e. The molecule has 0 unspecified atom stereocenters. The third kappa shape index (κ3) is 6.20. The Morgan fingerprint density at radius 3 is 2.33 bits per heavy atom. The van der Waals surface area contributed by atoms with Crippen LogP contribution in [0.4, 0.5) is 10.1 Å². The molecule has 0 aromatic heterocycles. The smallest absolute Gasteiger partial charge is 0.343 e. The number of esters is 1. The lowest BCUT2D eigenvalue weighted by Crippen LogP contribution is -2.17. The number of nitro benzene ring substituents is 1. The average molecular weight is 451 g/mol. The van der Waals surface area contributed by atoms with Crippen molar-refractivity contribution >= 4 is 23.8 Å². The number of benzene rings is 3. The number of hydrogen-bond acceptors (Lipinski definition) is 7. The molecular weight excluding hydrogens is 433 g/mol. The van der Waals surface area contributed by atoms with Gasteiger partial charge in [0.2, 0.25) is 0 Å². The van der Waals surface area contributed by atoms with Crippen molar-refractivity contribution in [3.8, 4) is 11.5 Å². The van der Waals surface area contributed by atoms with E-state index in [4.69, 9.17) is 9.47 Å². The van der Waals surface area contributed by atoms with Crippen LogP contribution < -0.4 is 14.9 Å². The van der Waals surface area contributed by atoms with Crippen LogP contribution in [0.5, 0.6) is 11.5 Å². The summed E-state index contributed by atoms with van der Waals surface area (Å²) in [7, 11) is 0. The van der Waals surface area contributed by atoms with Crippen molar-refractivity contribution in [1.82, 2.24) is 5.43 Å². The van der Waals surface area contributed by atoms with E-state index in [1.807, 2.05) is 0 Å². The summed E-state index contributed by atoms with van der Waals surface area (Å²) >= 11 is 0. The van der Waals surface area contributed by atoms with Crippen LogP contribution in [0, 0.1) is 15.9 Å². The van der Waals surface area contributed by atoms with E-state index in [1.54, 1.807) is 19.1 Å². The summed E-state index contributed by atoms with van der Waals surface area (Å²) in [5.41, 5.74) is 3.13. The van der Waals surface area contributed by atoms with Crippen LogP contribution in [0.15, 0.2) is 71.8 Å². The van der Waals surface area contributed by atoms with Crippen molar-refractivity contribution in [2.24, 2.45) is 5.10 Å². The Balaban J connectivity index is 1.68. The number of nitrogens with one attached hydrogen (secondary N) is 1. The molecule has 1 amide bonds. The molecule has 168 valence electrons. The zero-order valence-corrected chi connectivity index (χ0v) is 17.4. The number of hydrogen-bond donors (Lipinski definition) is 1. The molecule has 0 aliphatic rings. The molecule has 3 aromatic carbocycles. The first-order valence-corrected chi connectivity index (χ1v) is 9.70. The number of non-ortho nitro benzene ring substituents is 1. The van der Waals surface area contributed by atoms with Crippen LogP contribution in [0.3, 0.4) is 0 Å². The maximum absolute atomic E-state index is 13.0. The highest BCUT2D eigenvalue weighted by Gasteiger charge is 2.14. The maximum atomic E-state index is 13.0. The highest BCUT2D eigenvalue weighted by Crippen LogP contribution is 2.29. The molecule has 3 rings (SSSR count). The monoisotopic (exact) mass is 451 g/mol. The molecule has 0 fully saturated rings. The lowest BCUT2D eigenvalue weighted by atomic mass is 10.2. The molecule has 33 heavy (non-hydrogen) atoms. The van der Waals surface area contributed by atoms with Gasteiger partial charge in [0.05, 0.1) is 23.3 Å². The molecule has 0 saturated heterocycles. The van der Waals surface area contributed by atoms with Gasteiger partial charge in [-0.05, 0) is 67.1 Å². The number of amides is 1. The van der Waals surface area contributed by atoms with Crippen molar-refractivity contribution < 1.29 is 28.4 Å². The van der Waals surface area contributed by atoms with Gasteiger partial charge in [0, 0.05) is 17.7 Å². The summed E-state index contributed by atoms with van der Waals surface area (Å²) in [5.74, 6) is -1.24. The van der Waals surface area contributed by atoms with Gasteiger partial charge in [-0.25, -0.2) is 14.6 Å². The Bertz CT molecular complexity index is 1190. The van der Waals surface area contributed by atoms with Crippen LogP contribution >= 0.6 is 0 Å². The molecule has 0 bridgehead atoms. The first-order valence-electron chi connectivity index (χ1n) is 9.70. The Hall–Kier alpha value is -4.60. The fourth-order valence-corrected chi connectivity index (χ4v) is 2.67. The summed E-state index contributed by atoms with van der Waals surface area (Å²) in [6.07, 6.45) is 1.36. The lowest BCUT2D eigenvalue weighted by molar-refractivity contribution is -0.384. The van der Waals surface area contributed by atoms with Gasteiger partial charge in [0.25, 0.3) is 11.6 Å². The van der Waals surface area contributed by atoms with Crippen molar-refractivity contribution in [1.29, 1.82) is 0 Å². The Morgan fingerprint density at radius 2 is 1.70 bits per heavy atom. The standard InChI is InChI=1S/C23H18FN3O6/c1-2-32-21-13-15(3-12-20(21)33-23(29)17-4-8-18(24)9-5-17)14-25-26-22(28)16-6-10-19(11-7-16)27(30)31/h3-14H,2H2,1H3,(H,26,28)/b25-14-. The van der Waals surface area contributed by atoms with Crippen molar-refractivity contribution in [3.05, 3.63) is 99.4 Å². The summed E-state index contributed by atoms with van der Waals surface area (Å²) in [6, 6.07) is 14.7. The Kier molecular flexibility index (Phi) is 7.43. The van der Waals surface area contributed by atoms with Gasteiger partial charge in [-0.3, -0.25) is 14.9 Å². The number of carbonyl (C=O) groups excluding carboxylic acids is 2. The van der Waals surface area contributed by atoms with Gasteiger partial charge < -0.3 is 9.47 Å². The van der Waals surface area contributed by atoms with Crippen LogP contribution in [-0.4, -0.2) is 29.6 Å². The third-order valence-electron chi connectivity index (χ3n) is 4.27. The van der Waals surface area contributed by atoms with Gasteiger partial charge >= 0.3 is 5.97 Å². The Labute approximate surface area is 187 Å². The Morgan fingerprint density at radius 1 is 1.03 bits per heavy atom. The van der Waals surface area contributed by atoms with E-state index in [2.05, 4.69) is 10.5 Å². The topological polar surface area (TPSA) is 120 Å². The minimum atomic E-state index is -0.673. The van der Waals surface area contributed by atoms with E-state index in [0.29, 0.717) is 12.2 Å². The molecule has 0 spiro atoms. The van der Waals surface area contributed by atoms with Crippen molar-refractivity contribution in [2.45, 2.75) is 6.92 Å². The summed E-state index contributed by atoms with van der Waals surface area (Å²) in [5, 5.41) is 14.5. The lowest BCUT2D eigenvalue weighted by Gasteiger charge is -2.11. The minimum absolute atomic E-state index is 0.126. The molecule has 0 saturated carbocycles. The van der Waals surface area contributed by atoms with Gasteiger partial charge in [-0.15, -0.1) is 0 Å².